The first kappa shape index (κ1) is 20.1. The predicted molar refractivity (Wildman–Crippen MR) is 116 cm³/mol. The van der Waals surface area contributed by atoms with E-state index < -0.39 is 0 Å². The van der Waals surface area contributed by atoms with Gasteiger partial charge in [-0.3, -0.25) is 4.79 Å². The standard InChI is InChI=1S/C22H21ClN4O3/c1-12(2)26-22(28)21-14(11-29-3)19-16(10-25-21)27-15-5-4-6-17(20(15)19)30-18-8-7-13(23)9-24-18/h4-10,12,27H,11H2,1-3H3,(H,26,28). The number of fused-ring (bicyclic) bond motifs is 3. The van der Waals surface area contributed by atoms with Crippen molar-refractivity contribution in [1.29, 1.82) is 0 Å². The number of amides is 1. The van der Waals surface area contributed by atoms with Crippen LogP contribution in [0.15, 0.2) is 42.7 Å². The molecule has 0 saturated heterocycles. The number of ether oxygens (including phenoxy) is 2. The van der Waals surface area contributed by atoms with E-state index in [1.165, 1.54) is 6.20 Å². The van der Waals surface area contributed by atoms with Crippen LogP contribution in [0, 0.1) is 0 Å². The molecule has 4 aromatic rings. The van der Waals surface area contributed by atoms with Crippen LogP contribution in [-0.2, 0) is 11.3 Å². The van der Waals surface area contributed by atoms with Crippen LogP contribution in [0.25, 0.3) is 21.8 Å². The zero-order valence-corrected chi connectivity index (χ0v) is 17.6. The van der Waals surface area contributed by atoms with E-state index in [9.17, 15) is 4.79 Å². The molecule has 8 heteroatoms. The van der Waals surface area contributed by atoms with Gasteiger partial charge in [-0.25, -0.2) is 9.97 Å². The highest BCUT2D eigenvalue weighted by molar-refractivity contribution is 6.30. The van der Waals surface area contributed by atoms with E-state index in [-0.39, 0.29) is 18.6 Å². The lowest BCUT2D eigenvalue weighted by Gasteiger charge is -2.13. The summed E-state index contributed by atoms with van der Waals surface area (Å²) in [5.74, 6) is 0.778. The van der Waals surface area contributed by atoms with Crippen molar-refractivity contribution in [3.05, 3.63) is 59.0 Å². The lowest BCUT2D eigenvalue weighted by molar-refractivity contribution is 0.0933. The Morgan fingerprint density at radius 3 is 2.67 bits per heavy atom. The van der Waals surface area contributed by atoms with Crippen LogP contribution in [0.5, 0.6) is 11.6 Å². The molecule has 0 radical (unpaired) electrons. The minimum Gasteiger partial charge on any atom is -0.438 e. The van der Waals surface area contributed by atoms with Gasteiger partial charge in [0, 0.05) is 36.4 Å². The number of benzene rings is 1. The van der Waals surface area contributed by atoms with Gasteiger partial charge >= 0.3 is 0 Å². The number of carbonyl (C=O) groups is 1. The molecule has 0 unspecified atom stereocenters. The van der Waals surface area contributed by atoms with Crippen LogP contribution >= 0.6 is 11.6 Å². The van der Waals surface area contributed by atoms with Gasteiger partial charge in [0.15, 0.2) is 0 Å². The number of hydrogen-bond donors (Lipinski definition) is 2. The molecule has 7 nitrogen and oxygen atoms in total. The summed E-state index contributed by atoms with van der Waals surface area (Å²) in [7, 11) is 1.59. The second-order valence-electron chi connectivity index (χ2n) is 7.16. The van der Waals surface area contributed by atoms with Crippen molar-refractivity contribution in [2.24, 2.45) is 0 Å². The summed E-state index contributed by atoms with van der Waals surface area (Å²) in [5, 5.41) is 5.10. The molecule has 0 atom stereocenters. The summed E-state index contributed by atoms with van der Waals surface area (Å²) >= 11 is 5.93. The largest absolute Gasteiger partial charge is 0.438 e. The van der Waals surface area contributed by atoms with Crippen molar-refractivity contribution in [3.63, 3.8) is 0 Å². The monoisotopic (exact) mass is 424 g/mol. The number of nitrogens with one attached hydrogen (secondary N) is 2. The first-order valence-electron chi connectivity index (χ1n) is 9.49. The van der Waals surface area contributed by atoms with Gasteiger partial charge < -0.3 is 19.8 Å². The van der Waals surface area contributed by atoms with Gasteiger partial charge in [0.2, 0.25) is 5.88 Å². The van der Waals surface area contributed by atoms with Crippen LogP contribution in [0.4, 0.5) is 0 Å². The van der Waals surface area contributed by atoms with Gasteiger partial charge in [-0.15, -0.1) is 0 Å². The second-order valence-corrected chi connectivity index (χ2v) is 7.59. The molecule has 0 aliphatic carbocycles. The summed E-state index contributed by atoms with van der Waals surface area (Å²) in [6.07, 6.45) is 3.19. The molecule has 0 spiro atoms. The van der Waals surface area contributed by atoms with Crippen LogP contribution in [-0.4, -0.2) is 34.0 Å². The Labute approximate surface area is 178 Å². The van der Waals surface area contributed by atoms with Gasteiger partial charge in [0.05, 0.1) is 34.2 Å². The van der Waals surface area contributed by atoms with Crippen molar-refractivity contribution < 1.29 is 14.3 Å². The number of carbonyl (C=O) groups excluding carboxylic acids is 1. The van der Waals surface area contributed by atoms with E-state index in [0.717, 1.165) is 21.8 Å². The summed E-state index contributed by atoms with van der Waals surface area (Å²) in [5.41, 5.74) is 2.67. The molecule has 30 heavy (non-hydrogen) atoms. The molecular formula is C22H21ClN4O3. The van der Waals surface area contributed by atoms with Crippen LogP contribution in [0.1, 0.15) is 29.9 Å². The number of nitrogens with zero attached hydrogens (tertiary/aromatic N) is 2. The molecule has 2 N–H and O–H groups in total. The van der Waals surface area contributed by atoms with E-state index in [1.807, 2.05) is 32.0 Å². The Hall–Kier alpha value is -3.16. The minimum absolute atomic E-state index is 0.0109. The third-order valence-electron chi connectivity index (χ3n) is 4.56. The highest BCUT2D eigenvalue weighted by Crippen LogP contribution is 2.37. The summed E-state index contributed by atoms with van der Waals surface area (Å²) < 4.78 is 11.5. The van der Waals surface area contributed by atoms with Crippen LogP contribution in [0.3, 0.4) is 0 Å². The van der Waals surface area contributed by atoms with Crippen molar-refractivity contribution in [2.45, 2.75) is 26.5 Å². The number of aromatic amines is 1. The molecule has 0 fully saturated rings. The Morgan fingerprint density at radius 2 is 1.97 bits per heavy atom. The quantitative estimate of drug-likeness (QED) is 0.462. The Kier molecular flexibility index (Phi) is 5.57. The maximum atomic E-state index is 12.8. The Bertz CT molecular complexity index is 1220. The molecule has 0 aliphatic heterocycles. The molecule has 3 aromatic heterocycles. The highest BCUT2D eigenvalue weighted by atomic mass is 35.5. The fourth-order valence-electron chi connectivity index (χ4n) is 3.40. The third-order valence-corrected chi connectivity index (χ3v) is 4.79. The maximum Gasteiger partial charge on any atom is 0.270 e. The van der Waals surface area contributed by atoms with Crippen molar-refractivity contribution in [1.82, 2.24) is 20.3 Å². The molecule has 1 amide bonds. The zero-order valence-electron chi connectivity index (χ0n) is 16.8. The van der Waals surface area contributed by atoms with E-state index in [1.54, 1.807) is 25.4 Å². The van der Waals surface area contributed by atoms with Crippen molar-refractivity contribution in [2.75, 3.05) is 7.11 Å². The number of hydrogen-bond acceptors (Lipinski definition) is 5. The van der Waals surface area contributed by atoms with Crippen molar-refractivity contribution >= 4 is 39.3 Å². The molecule has 4 rings (SSSR count). The first-order valence-corrected chi connectivity index (χ1v) is 9.87. The Balaban J connectivity index is 1.93. The molecule has 0 saturated carbocycles. The van der Waals surface area contributed by atoms with Gasteiger partial charge in [0.25, 0.3) is 5.91 Å². The average Bonchev–Trinajstić information content (AvgIpc) is 3.09. The molecule has 1 aromatic carbocycles. The van der Waals surface area contributed by atoms with Crippen LogP contribution in [0.2, 0.25) is 5.02 Å². The smallest absolute Gasteiger partial charge is 0.270 e. The fourth-order valence-corrected chi connectivity index (χ4v) is 3.51. The summed E-state index contributed by atoms with van der Waals surface area (Å²) in [4.78, 5) is 24.7. The van der Waals surface area contributed by atoms with E-state index in [0.29, 0.717) is 27.9 Å². The number of methoxy groups -OCH3 is 1. The molecule has 3 heterocycles. The molecule has 0 aliphatic rings. The van der Waals surface area contributed by atoms with Crippen LogP contribution < -0.4 is 10.1 Å². The topological polar surface area (TPSA) is 89.1 Å². The van der Waals surface area contributed by atoms with Gasteiger partial charge in [-0.1, -0.05) is 17.7 Å². The van der Waals surface area contributed by atoms with Gasteiger partial charge in [0.1, 0.15) is 11.4 Å². The third kappa shape index (κ3) is 3.81. The first-order chi connectivity index (χ1) is 14.5. The van der Waals surface area contributed by atoms with Crippen molar-refractivity contribution in [3.8, 4) is 11.6 Å². The fraction of sp³-hybridized carbons (Fsp3) is 0.227. The number of H-pyrrole nitrogens is 1. The normalized spacial score (nSPS) is 11.4. The summed E-state index contributed by atoms with van der Waals surface area (Å²) in [6.45, 7) is 4.04. The lowest BCUT2D eigenvalue weighted by Crippen LogP contribution is -2.31. The van der Waals surface area contributed by atoms with E-state index >= 15 is 0 Å². The summed E-state index contributed by atoms with van der Waals surface area (Å²) in [6, 6.07) is 9.10. The van der Waals surface area contributed by atoms with E-state index in [2.05, 4.69) is 20.3 Å². The number of pyridine rings is 2. The number of rotatable bonds is 6. The number of aromatic nitrogens is 3. The average molecular weight is 425 g/mol. The SMILES string of the molecule is COCc1c(C(=O)NC(C)C)ncc2[nH]c3cccc(Oc4ccc(Cl)cn4)c3c12. The molecule has 0 bridgehead atoms. The number of halogens is 1. The lowest BCUT2D eigenvalue weighted by atomic mass is 10.0. The zero-order chi connectivity index (χ0) is 21.3. The minimum atomic E-state index is -0.244. The maximum absolute atomic E-state index is 12.8. The second kappa shape index (κ2) is 8.30. The van der Waals surface area contributed by atoms with E-state index in [4.69, 9.17) is 21.1 Å². The predicted octanol–water partition coefficient (Wildman–Crippen LogP) is 4.84. The Morgan fingerprint density at radius 1 is 1.13 bits per heavy atom. The van der Waals surface area contributed by atoms with Gasteiger partial charge in [-0.05, 0) is 32.0 Å². The highest BCUT2D eigenvalue weighted by Gasteiger charge is 2.21. The molecular weight excluding hydrogens is 404 g/mol. The van der Waals surface area contributed by atoms with Gasteiger partial charge in [-0.2, -0.15) is 0 Å². The molecule has 154 valence electrons.